The van der Waals surface area contributed by atoms with Crippen LogP contribution in [0.1, 0.15) is 64.6 Å². The van der Waals surface area contributed by atoms with Gasteiger partial charge in [0.1, 0.15) is 17.5 Å². The second-order valence-corrected chi connectivity index (χ2v) is 6.11. The highest BCUT2D eigenvalue weighted by Crippen LogP contribution is 2.40. The van der Waals surface area contributed by atoms with Gasteiger partial charge in [-0.3, -0.25) is 0 Å². The van der Waals surface area contributed by atoms with Gasteiger partial charge in [-0.15, -0.1) is 0 Å². The first kappa shape index (κ1) is 14.1. The van der Waals surface area contributed by atoms with Gasteiger partial charge >= 0.3 is 0 Å². The fourth-order valence-electron chi connectivity index (χ4n) is 2.89. The van der Waals surface area contributed by atoms with Gasteiger partial charge in [0.15, 0.2) is 0 Å². The van der Waals surface area contributed by atoms with E-state index in [-0.39, 0.29) is 0 Å². The van der Waals surface area contributed by atoms with Crippen molar-refractivity contribution in [2.24, 2.45) is 5.41 Å². The van der Waals surface area contributed by atoms with Crippen LogP contribution in [0, 0.1) is 5.41 Å². The van der Waals surface area contributed by atoms with Gasteiger partial charge in [-0.05, 0) is 24.7 Å². The molecule has 2 rings (SSSR count). The molecule has 106 valence electrons. The van der Waals surface area contributed by atoms with E-state index < -0.39 is 0 Å². The molecule has 1 saturated carbocycles. The first-order valence-corrected chi connectivity index (χ1v) is 7.43. The Balaban J connectivity index is 2.06. The van der Waals surface area contributed by atoms with Gasteiger partial charge in [-0.1, -0.05) is 33.6 Å². The molecular formula is C15H26N4. The maximum atomic E-state index is 5.86. The van der Waals surface area contributed by atoms with Gasteiger partial charge in [-0.25, -0.2) is 9.97 Å². The van der Waals surface area contributed by atoms with Crippen LogP contribution in [0.5, 0.6) is 0 Å². The summed E-state index contributed by atoms with van der Waals surface area (Å²) in [6, 6.07) is 1.84. The summed E-state index contributed by atoms with van der Waals surface area (Å²) in [6.07, 6.45) is 6.61. The minimum absolute atomic E-state index is 0.302. The van der Waals surface area contributed by atoms with E-state index in [9.17, 15) is 0 Å². The fourth-order valence-corrected chi connectivity index (χ4v) is 2.89. The monoisotopic (exact) mass is 262 g/mol. The molecule has 1 heterocycles. The van der Waals surface area contributed by atoms with Crippen LogP contribution in [0.2, 0.25) is 0 Å². The quantitative estimate of drug-likeness (QED) is 0.851. The lowest BCUT2D eigenvalue weighted by Gasteiger charge is -2.28. The molecule has 0 amide bonds. The van der Waals surface area contributed by atoms with Crippen molar-refractivity contribution in [3.05, 3.63) is 11.9 Å². The minimum Gasteiger partial charge on any atom is -0.384 e. The molecule has 0 radical (unpaired) electrons. The normalized spacial score (nSPS) is 17.9. The van der Waals surface area contributed by atoms with E-state index in [2.05, 4.69) is 36.1 Å². The van der Waals surface area contributed by atoms with Crippen molar-refractivity contribution in [3.8, 4) is 0 Å². The molecule has 0 unspecified atom stereocenters. The topological polar surface area (TPSA) is 63.8 Å². The van der Waals surface area contributed by atoms with Gasteiger partial charge in [0.25, 0.3) is 0 Å². The van der Waals surface area contributed by atoms with E-state index in [1.54, 1.807) is 0 Å². The van der Waals surface area contributed by atoms with Gasteiger partial charge in [0.2, 0.25) is 0 Å². The highest BCUT2D eigenvalue weighted by molar-refractivity contribution is 5.45. The van der Waals surface area contributed by atoms with Crippen molar-refractivity contribution in [2.45, 2.75) is 58.8 Å². The molecule has 0 spiro atoms. The van der Waals surface area contributed by atoms with Crippen LogP contribution in [-0.2, 0) is 0 Å². The Hall–Kier alpha value is -1.32. The highest BCUT2D eigenvalue weighted by atomic mass is 15.1. The Kier molecular flexibility index (Phi) is 4.27. The molecule has 0 aliphatic heterocycles. The summed E-state index contributed by atoms with van der Waals surface area (Å²) in [6.45, 7) is 7.46. The van der Waals surface area contributed by atoms with Crippen molar-refractivity contribution in [1.82, 2.24) is 9.97 Å². The lowest BCUT2D eigenvalue weighted by atomic mass is 9.83. The second kappa shape index (κ2) is 5.76. The number of rotatable bonds is 5. The molecule has 1 aliphatic rings. The number of nitrogen functional groups attached to an aromatic ring is 1. The van der Waals surface area contributed by atoms with Crippen molar-refractivity contribution in [3.63, 3.8) is 0 Å². The van der Waals surface area contributed by atoms with Crippen molar-refractivity contribution < 1.29 is 0 Å². The standard InChI is InChI=1S/C15H26N4/c1-4-15(7-5-6-8-15)10-17-13-9-12(16)18-14(19-13)11(2)3/h9,11H,4-8,10H2,1-3H3,(H3,16,17,18,19). The zero-order valence-electron chi connectivity index (χ0n) is 12.4. The maximum absolute atomic E-state index is 5.86. The van der Waals surface area contributed by atoms with Crippen LogP contribution in [0.3, 0.4) is 0 Å². The maximum Gasteiger partial charge on any atom is 0.135 e. The van der Waals surface area contributed by atoms with E-state index in [4.69, 9.17) is 5.73 Å². The van der Waals surface area contributed by atoms with Crippen LogP contribution < -0.4 is 11.1 Å². The van der Waals surface area contributed by atoms with E-state index in [1.807, 2.05) is 6.07 Å². The number of hydrogen-bond acceptors (Lipinski definition) is 4. The Bertz CT molecular complexity index is 422. The van der Waals surface area contributed by atoms with Gasteiger partial charge in [-0.2, -0.15) is 0 Å². The summed E-state index contributed by atoms with van der Waals surface area (Å²) in [7, 11) is 0. The van der Waals surface area contributed by atoms with Crippen LogP contribution in [-0.4, -0.2) is 16.5 Å². The first-order valence-electron chi connectivity index (χ1n) is 7.43. The highest BCUT2D eigenvalue weighted by Gasteiger charge is 2.31. The number of nitrogens with two attached hydrogens (primary N) is 1. The fraction of sp³-hybridized carbons (Fsp3) is 0.733. The third-order valence-electron chi connectivity index (χ3n) is 4.34. The summed E-state index contributed by atoms with van der Waals surface area (Å²) in [5.74, 6) is 2.55. The number of hydrogen-bond donors (Lipinski definition) is 2. The molecule has 1 aromatic heterocycles. The summed E-state index contributed by atoms with van der Waals surface area (Å²) < 4.78 is 0. The molecule has 4 nitrogen and oxygen atoms in total. The Morgan fingerprint density at radius 2 is 2.00 bits per heavy atom. The summed E-state index contributed by atoms with van der Waals surface area (Å²) in [4.78, 5) is 8.83. The van der Waals surface area contributed by atoms with Crippen molar-refractivity contribution in [2.75, 3.05) is 17.6 Å². The van der Waals surface area contributed by atoms with Crippen LogP contribution >= 0.6 is 0 Å². The molecule has 0 bridgehead atoms. The first-order chi connectivity index (χ1) is 9.04. The molecule has 1 aromatic rings. The number of aromatic nitrogens is 2. The lowest BCUT2D eigenvalue weighted by molar-refractivity contribution is 0.306. The van der Waals surface area contributed by atoms with Crippen LogP contribution in [0.15, 0.2) is 6.07 Å². The zero-order chi connectivity index (χ0) is 13.9. The number of nitrogens with zero attached hydrogens (tertiary/aromatic N) is 2. The Labute approximate surface area is 116 Å². The van der Waals surface area contributed by atoms with Crippen LogP contribution in [0.4, 0.5) is 11.6 Å². The molecular weight excluding hydrogens is 236 g/mol. The largest absolute Gasteiger partial charge is 0.384 e. The molecule has 1 aliphatic carbocycles. The molecule has 4 heteroatoms. The summed E-state index contributed by atoms with van der Waals surface area (Å²) in [5.41, 5.74) is 6.31. The minimum atomic E-state index is 0.302. The third-order valence-corrected chi connectivity index (χ3v) is 4.34. The lowest BCUT2D eigenvalue weighted by Crippen LogP contribution is -2.26. The average molecular weight is 262 g/mol. The third kappa shape index (κ3) is 3.37. The van der Waals surface area contributed by atoms with Crippen molar-refractivity contribution >= 4 is 11.6 Å². The van der Waals surface area contributed by atoms with Gasteiger partial charge < -0.3 is 11.1 Å². The van der Waals surface area contributed by atoms with E-state index in [0.29, 0.717) is 17.2 Å². The number of nitrogens with one attached hydrogen (secondary N) is 1. The predicted molar refractivity (Wildman–Crippen MR) is 80.2 cm³/mol. The molecule has 0 saturated heterocycles. The van der Waals surface area contributed by atoms with Crippen molar-refractivity contribution in [1.29, 1.82) is 0 Å². The molecule has 19 heavy (non-hydrogen) atoms. The van der Waals surface area contributed by atoms with E-state index in [0.717, 1.165) is 18.2 Å². The van der Waals surface area contributed by atoms with E-state index >= 15 is 0 Å². The average Bonchev–Trinajstić information content (AvgIpc) is 2.85. The van der Waals surface area contributed by atoms with E-state index in [1.165, 1.54) is 32.1 Å². The summed E-state index contributed by atoms with van der Waals surface area (Å²) >= 11 is 0. The Morgan fingerprint density at radius 1 is 1.32 bits per heavy atom. The molecule has 0 aromatic carbocycles. The molecule has 1 fully saturated rings. The SMILES string of the molecule is CCC1(CNc2cc(N)nc(C(C)C)n2)CCCC1. The molecule has 0 atom stereocenters. The number of anilines is 2. The van der Waals surface area contributed by atoms with Gasteiger partial charge in [0.05, 0.1) is 0 Å². The predicted octanol–water partition coefficient (Wildman–Crippen LogP) is 3.56. The summed E-state index contributed by atoms with van der Waals surface area (Å²) in [5, 5.41) is 3.48. The Morgan fingerprint density at radius 3 is 2.58 bits per heavy atom. The molecule has 3 N–H and O–H groups in total. The van der Waals surface area contributed by atoms with Crippen LogP contribution in [0.25, 0.3) is 0 Å². The zero-order valence-corrected chi connectivity index (χ0v) is 12.4. The smallest absolute Gasteiger partial charge is 0.135 e. The second-order valence-electron chi connectivity index (χ2n) is 6.11. The van der Waals surface area contributed by atoms with Gasteiger partial charge in [0, 0.05) is 18.5 Å².